The van der Waals surface area contributed by atoms with E-state index in [9.17, 15) is 31.1 Å². The van der Waals surface area contributed by atoms with Crippen molar-refractivity contribution < 1.29 is 35.9 Å². The molecule has 4 nitrogen and oxygen atoms in total. The normalized spacial score (nSPS) is 12.4. The highest BCUT2D eigenvalue weighted by atomic mass is 19.4. The van der Waals surface area contributed by atoms with Gasteiger partial charge in [0, 0.05) is 6.54 Å². The molecule has 0 bridgehead atoms. The molecule has 19 heavy (non-hydrogen) atoms. The van der Waals surface area contributed by atoms with E-state index in [1.807, 2.05) is 0 Å². The monoisotopic (exact) mass is 288 g/mol. The van der Waals surface area contributed by atoms with Gasteiger partial charge in [0.2, 0.25) is 0 Å². The first kappa shape index (κ1) is 15.2. The van der Waals surface area contributed by atoms with Crippen LogP contribution in [0.1, 0.15) is 21.7 Å². The molecule has 10 heteroatoms. The third-order valence-electron chi connectivity index (χ3n) is 1.90. The van der Waals surface area contributed by atoms with E-state index in [1.54, 1.807) is 0 Å². The van der Waals surface area contributed by atoms with Gasteiger partial charge in [-0.1, -0.05) is 0 Å². The van der Waals surface area contributed by atoms with Crippen molar-refractivity contribution in [3.05, 3.63) is 23.0 Å². The lowest BCUT2D eigenvalue weighted by Gasteiger charge is -2.16. The number of hydrogen-bond acceptors (Lipinski definition) is 4. The number of halogens is 6. The van der Waals surface area contributed by atoms with Gasteiger partial charge < -0.3 is 10.5 Å². The zero-order chi connectivity index (χ0) is 14.8. The van der Waals surface area contributed by atoms with Crippen LogP contribution in [0, 0.1) is 0 Å². The van der Waals surface area contributed by atoms with E-state index in [0.29, 0.717) is 0 Å². The molecule has 0 amide bonds. The van der Waals surface area contributed by atoms with Crippen LogP contribution in [0.25, 0.3) is 0 Å². The van der Waals surface area contributed by atoms with Gasteiger partial charge in [-0.3, -0.25) is 4.79 Å². The van der Waals surface area contributed by atoms with Gasteiger partial charge in [0.1, 0.15) is 5.69 Å². The molecule has 0 saturated carbocycles. The van der Waals surface area contributed by atoms with Crippen LogP contribution in [0.3, 0.4) is 0 Å². The minimum absolute atomic E-state index is 0.160. The van der Waals surface area contributed by atoms with Crippen molar-refractivity contribution in [2.75, 3.05) is 0 Å². The first-order valence-corrected chi connectivity index (χ1v) is 4.60. The van der Waals surface area contributed by atoms with Crippen LogP contribution in [0.5, 0.6) is 5.75 Å². The number of pyridine rings is 1. The molecule has 0 fully saturated rings. The van der Waals surface area contributed by atoms with Gasteiger partial charge in [0.05, 0.1) is 11.3 Å². The summed E-state index contributed by atoms with van der Waals surface area (Å²) >= 11 is 0. The summed E-state index contributed by atoms with van der Waals surface area (Å²) in [6.07, 6.45) is -10.3. The number of alkyl halides is 6. The van der Waals surface area contributed by atoms with Crippen molar-refractivity contribution >= 4 is 6.29 Å². The van der Waals surface area contributed by atoms with Gasteiger partial charge in [0.25, 0.3) is 0 Å². The smallest absolute Gasteiger partial charge is 0.403 e. The van der Waals surface area contributed by atoms with Crippen LogP contribution < -0.4 is 10.5 Å². The van der Waals surface area contributed by atoms with Crippen LogP contribution in [-0.2, 0) is 12.7 Å². The molecule has 0 aliphatic carbocycles. The molecule has 0 aromatic carbocycles. The summed E-state index contributed by atoms with van der Waals surface area (Å²) in [7, 11) is 0. The van der Waals surface area contributed by atoms with Crippen LogP contribution in [0.15, 0.2) is 6.07 Å². The number of aromatic nitrogens is 1. The van der Waals surface area contributed by atoms with Crippen LogP contribution in [0.4, 0.5) is 26.3 Å². The van der Waals surface area contributed by atoms with E-state index < -0.39 is 41.8 Å². The lowest BCUT2D eigenvalue weighted by atomic mass is 10.1. The minimum atomic E-state index is -5.18. The quantitative estimate of drug-likeness (QED) is 0.684. The van der Waals surface area contributed by atoms with E-state index in [2.05, 4.69) is 9.72 Å². The molecular formula is C9H6F6N2O2. The number of carbonyl (C=O) groups is 1. The Morgan fingerprint density at radius 3 is 2.21 bits per heavy atom. The molecule has 1 heterocycles. The maximum Gasteiger partial charge on any atom is 0.573 e. The number of aldehydes is 1. The number of ether oxygens (including phenoxy) is 1. The average molecular weight is 288 g/mol. The van der Waals surface area contributed by atoms with Crippen LogP contribution >= 0.6 is 0 Å². The topological polar surface area (TPSA) is 65.2 Å². The van der Waals surface area contributed by atoms with Crippen molar-refractivity contribution in [1.29, 1.82) is 0 Å². The molecule has 1 aromatic heterocycles. The van der Waals surface area contributed by atoms with Gasteiger partial charge in [0.15, 0.2) is 12.0 Å². The first-order valence-electron chi connectivity index (χ1n) is 4.60. The lowest BCUT2D eigenvalue weighted by molar-refractivity contribution is -0.275. The maximum atomic E-state index is 12.4. The van der Waals surface area contributed by atoms with Gasteiger partial charge in [-0.15, -0.1) is 13.2 Å². The highest BCUT2D eigenvalue weighted by Gasteiger charge is 2.37. The molecule has 1 rings (SSSR count). The molecule has 0 radical (unpaired) electrons. The van der Waals surface area contributed by atoms with E-state index in [1.165, 1.54) is 0 Å². The summed E-state index contributed by atoms with van der Waals surface area (Å²) < 4.78 is 76.9. The van der Waals surface area contributed by atoms with E-state index in [0.717, 1.165) is 0 Å². The Hall–Kier alpha value is -1.84. The second-order valence-electron chi connectivity index (χ2n) is 3.24. The number of hydrogen-bond donors (Lipinski definition) is 1. The zero-order valence-corrected chi connectivity index (χ0v) is 8.97. The second kappa shape index (κ2) is 5.03. The van der Waals surface area contributed by atoms with Crippen molar-refractivity contribution in [2.45, 2.75) is 19.1 Å². The molecule has 0 atom stereocenters. The largest absolute Gasteiger partial charge is 0.573 e. The Kier molecular flexibility index (Phi) is 4.03. The molecule has 0 aliphatic heterocycles. The SMILES string of the molecule is NCc1nc(C(F)(F)F)cc(C=O)c1OC(F)(F)F. The van der Waals surface area contributed by atoms with Crippen molar-refractivity contribution in [1.82, 2.24) is 4.98 Å². The molecule has 1 aromatic rings. The molecule has 0 unspecified atom stereocenters. The average Bonchev–Trinajstić information content (AvgIpc) is 2.25. The molecule has 0 saturated heterocycles. The number of nitrogens with zero attached hydrogens (tertiary/aromatic N) is 1. The third-order valence-corrected chi connectivity index (χ3v) is 1.90. The minimum Gasteiger partial charge on any atom is -0.403 e. The number of nitrogens with two attached hydrogens (primary N) is 1. The Morgan fingerprint density at radius 1 is 1.26 bits per heavy atom. The van der Waals surface area contributed by atoms with Gasteiger partial charge >= 0.3 is 12.5 Å². The first-order chi connectivity index (χ1) is 8.58. The fraction of sp³-hybridized carbons (Fsp3) is 0.333. The van der Waals surface area contributed by atoms with Gasteiger partial charge in [-0.25, -0.2) is 4.98 Å². The Morgan fingerprint density at radius 2 is 1.84 bits per heavy atom. The highest BCUT2D eigenvalue weighted by molar-refractivity contribution is 5.80. The predicted octanol–water partition coefficient (Wildman–Crippen LogP) is 2.27. The summed E-state index contributed by atoms with van der Waals surface area (Å²) in [5.74, 6) is -1.13. The Balaban J connectivity index is 3.42. The Labute approximate surface area is 102 Å². The molecule has 0 spiro atoms. The van der Waals surface area contributed by atoms with E-state index in [4.69, 9.17) is 5.73 Å². The summed E-state index contributed by atoms with van der Waals surface area (Å²) in [6, 6.07) is 0.160. The van der Waals surface area contributed by atoms with Gasteiger partial charge in [-0.2, -0.15) is 13.2 Å². The van der Waals surface area contributed by atoms with E-state index >= 15 is 0 Å². The molecule has 2 N–H and O–H groups in total. The molecular weight excluding hydrogens is 282 g/mol. The van der Waals surface area contributed by atoms with Crippen molar-refractivity contribution in [2.24, 2.45) is 5.73 Å². The van der Waals surface area contributed by atoms with Crippen molar-refractivity contribution in [3.8, 4) is 5.75 Å². The second-order valence-corrected chi connectivity index (χ2v) is 3.24. The van der Waals surface area contributed by atoms with Gasteiger partial charge in [-0.05, 0) is 6.07 Å². The zero-order valence-electron chi connectivity index (χ0n) is 8.97. The molecule has 0 aliphatic rings. The fourth-order valence-electron chi connectivity index (χ4n) is 1.21. The van der Waals surface area contributed by atoms with Crippen LogP contribution in [0.2, 0.25) is 0 Å². The highest BCUT2D eigenvalue weighted by Crippen LogP contribution is 2.34. The lowest BCUT2D eigenvalue weighted by Crippen LogP contribution is -2.22. The third kappa shape index (κ3) is 3.81. The maximum absolute atomic E-state index is 12.4. The summed E-state index contributed by atoms with van der Waals surface area (Å²) in [6.45, 7) is -0.754. The number of carbonyl (C=O) groups excluding carboxylic acids is 1. The Bertz CT molecular complexity index is 483. The summed E-state index contributed by atoms with van der Waals surface area (Å²) in [5, 5.41) is 0. The summed E-state index contributed by atoms with van der Waals surface area (Å²) in [4.78, 5) is 13.5. The predicted molar refractivity (Wildman–Crippen MR) is 49.2 cm³/mol. The van der Waals surface area contributed by atoms with E-state index in [-0.39, 0.29) is 12.4 Å². The summed E-state index contributed by atoms with van der Waals surface area (Å²) in [5.41, 5.74) is 1.75. The van der Waals surface area contributed by atoms with Crippen molar-refractivity contribution in [3.63, 3.8) is 0 Å². The number of rotatable bonds is 3. The fourth-order valence-corrected chi connectivity index (χ4v) is 1.21. The standard InChI is InChI=1S/C9H6F6N2O2/c10-8(11,12)6-1-4(3-18)7(5(2-16)17-6)19-9(13,14)15/h1,3H,2,16H2. The molecule has 106 valence electrons. The van der Waals surface area contributed by atoms with Crippen LogP contribution in [-0.4, -0.2) is 17.6 Å².